The molecule has 1 aliphatic carbocycles. The standard InChI is InChI=1S/C21H23NO5/c1-26-15-6-7-19(27-2)17(11-15)16-12-18(16)20(23)22-9-8-13-4-3-5-14(10-13)21(24)25/h3-7,10-11,16,18H,8-9,12H2,1-2H3,(H,22,23)(H,24,25). The number of ether oxygens (including phenoxy) is 2. The Kier molecular flexibility index (Phi) is 5.64. The molecule has 6 nitrogen and oxygen atoms in total. The molecule has 3 rings (SSSR count). The highest BCUT2D eigenvalue weighted by molar-refractivity contribution is 5.87. The van der Waals surface area contributed by atoms with Crippen LogP contribution in [0.2, 0.25) is 0 Å². The van der Waals surface area contributed by atoms with E-state index in [0.717, 1.165) is 29.0 Å². The highest BCUT2D eigenvalue weighted by atomic mass is 16.5. The second-order valence-corrected chi connectivity index (χ2v) is 6.60. The summed E-state index contributed by atoms with van der Waals surface area (Å²) in [4.78, 5) is 23.4. The largest absolute Gasteiger partial charge is 0.497 e. The van der Waals surface area contributed by atoms with Crippen LogP contribution in [0.3, 0.4) is 0 Å². The Labute approximate surface area is 158 Å². The molecule has 2 aromatic carbocycles. The van der Waals surface area contributed by atoms with Crippen molar-refractivity contribution in [1.29, 1.82) is 0 Å². The number of hydrogen-bond acceptors (Lipinski definition) is 4. The molecule has 27 heavy (non-hydrogen) atoms. The summed E-state index contributed by atoms with van der Waals surface area (Å²) in [6.45, 7) is 0.473. The van der Waals surface area contributed by atoms with Gasteiger partial charge in [-0.2, -0.15) is 0 Å². The van der Waals surface area contributed by atoms with E-state index in [1.54, 1.807) is 32.4 Å². The first-order valence-corrected chi connectivity index (χ1v) is 8.85. The summed E-state index contributed by atoms with van der Waals surface area (Å²) in [6.07, 6.45) is 1.37. The zero-order valence-corrected chi connectivity index (χ0v) is 15.4. The highest BCUT2D eigenvalue weighted by Crippen LogP contribution is 2.51. The molecule has 2 aromatic rings. The zero-order valence-electron chi connectivity index (χ0n) is 15.4. The predicted octanol–water partition coefficient (Wildman–Crippen LogP) is 2.86. The average molecular weight is 369 g/mol. The summed E-state index contributed by atoms with van der Waals surface area (Å²) >= 11 is 0. The monoisotopic (exact) mass is 369 g/mol. The van der Waals surface area contributed by atoms with Crippen molar-refractivity contribution in [1.82, 2.24) is 5.32 Å². The van der Waals surface area contributed by atoms with Crippen LogP contribution in [0, 0.1) is 5.92 Å². The Bertz CT molecular complexity index is 848. The van der Waals surface area contributed by atoms with Crippen molar-refractivity contribution in [3.8, 4) is 11.5 Å². The maximum Gasteiger partial charge on any atom is 0.335 e. The summed E-state index contributed by atoms with van der Waals surface area (Å²) < 4.78 is 10.7. The van der Waals surface area contributed by atoms with E-state index in [0.29, 0.717) is 13.0 Å². The maximum absolute atomic E-state index is 12.4. The Balaban J connectivity index is 1.55. The van der Waals surface area contributed by atoms with Crippen LogP contribution in [-0.2, 0) is 11.2 Å². The first-order valence-electron chi connectivity index (χ1n) is 8.85. The number of methoxy groups -OCH3 is 2. The Hall–Kier alpha value is -3.02. The molecule has 6 heteroatoms. The molecule has 0 saturated heterocycles. The van der Waals surface area contributed by atoms with Gasteiger partial charge in [-0.1, -0.05) is 12.1 Å². The van der Waals surface area contributed by atoms with E-state index in [1.165, 1.54) is 0 Å². The predicted molar refractivity (Wildman–Crippen MR) is 101 cm³/mol. The van der Waals surface area contributed by atoms with Crippen molar-refractivity contribution in [2.24, 2.45) is 5.92 Å². The van der Waals surface area contributed by atoms with Crippen LogP contribution in [0.15, 0.2) is 42.5 Å². The normalized spacial score (nSPS) is 17.9. The molecule has 2 N–H and O–H groups in total. The topological polar surface area (TPSA) is 84.9 Å². The van der Waals surface area contributed by atoms with E-state index in [1.807, 2.05) is 24.3 Å². The summed E-state index contributed by atoms with van der Waals surface area (Å²) in [5, 5.41) is 12.0. The van der Waals surface area contributed by atoms with Crippen molar-refractivity contribution < 1.29 is 24.2 Å². The van der Waals surface area contributed by atoms with Crippen LogP contribution in [0.25, 0.3) is 0 Å². The molecular weight excluding hydrogens is 346 g/mol. The number of carbonyl (C=O) groups is 2. The molecule has 2 unspecified atom stereocenters. The lowest BCUT2D eigenvalue weighted by Gasteiger charge is -2.10. The second kappa shape index (κ2) is 8.12. The number of aromatic carboxylic acids is 1. The highest BCUT2D eigenvalue weighted by Gasteiger charge is 2.45. The average Bonchev–Trinajstić information content (AvgIpc) is 3.48. The summed E-state index contributed by atoms with van der Waals surface area (Å²) in [6, 6.07) is 12.4. The fraction of sp³-hybridized carbons (Fsp3) is 0.333. The van der Waals surface area contributed by atoms with E-state index in [4.69, 9.17) is 14.6 Å². The van der Waals surface area contributed by atoms with Gasteiger partial charge in [0.1, 0.15) is 11.5 Å². The van der Waals surface area contributed by atoms with Gasteiger partial charge in [-0.05, 0) is 48.7 Å². The van der Waals surface area contributed by atoms with Gasteiger partial charge in [0.05, 0.1) is 19.8 Å². The molecule has 0 radical (unpaired) electrons. The maximum atomic E-state index is 12.4. The number of benzene rings is 2. The van der Waals surface area contributed by atoms with Gasteiger partial charge in [0.25, 0.3) is 0 Å². The number of rotatable bonds is 8. The van der Waals surface area contributed by atoms with E-state index in [9.17, 15) is 9.59 Å². The molecule has 0 aromatic heterocycles. The van der Waals surface area contributed by atoms with E-state index < -0.39 is 5.97 Å². The van der Waals surface area contributed by atoms with Crippen LogP contribution in [-0.4, -0.2) is 37.7 Å². The Morgan fingerprint density at radius 1 is 1.15 bits per heavy atom. The number of hydrogen-bond donors (Lipinski definition) is 2. The van der Waals surface area contributed by atoms with Gasteiger partial charge < -0.3 is 19.9 Å². The third kappa shape index (κ3) is 4.39. The van der Waals surface area contributed by atoms with Crippen LogP contribution in [0.5, 0.6) is 11.5 Å². The number of carboxylic acids is 1. The van der Waals surface area contributed by atoms with Gasteiger partial charge in [0, 0.05) is 23.9 Å². The lowest BCUT2D eigenvalue weighted by molar-refractivity contribution is -0.122. The van der Waals surface area contributed by atoms with Crippen molar-refractivity contribution in [3.63, 3.8) is 0 Å². The number of carbonyl (C=O) groups excluding carboxylic acids is 1. The van der Waals surface area contributed by atoms with Crippen LogP contribution < -0.4 is 14.8 Å². The zero-order chi connectivity index (χ0) is 19.4. The van der Waals surface area contributed by atoms with E-state index >= 15 is 0 Å². The van der Waals surface area contributed by atoms with E-state index in [2.05, 4.69) is 5.32 Å². The molecule has 1 fully saturated rings. The van der Waals surface area contributed by atoms with Crippen LogP contribution in [0.1, 0.15) is 33.8 Å². The van der Waals surface area contributed by atoms with Crippen molar-refractivity contribution >= 4 is 11.9 Å². The molecule has 2 atom stereocenters. The van der Waals surface area contributed by atoms with Crippen molar-refractivity contribution in [2.75, 3.05) is 20.8 Å². The van der Waals surface area contributed by atoms with Gasteiger partial charge in [-0.15, -0.1) is 0 Å². The minimum atomic E-state index is -0.950. The molecule has 0 spiro atoms. The fourth-order valence-electron chi connectivity index (χ4n) is 3.28. The smallest absolute Gasteiger partial charge is 0.335 e. The van der Waals surface area contributed by atoms with Gasteiger partial charge in [-0.25, -0.2) is 4.79 Å². The number of nitrogens with one attached hydrogen (secondary N) is 1. The van der Waals surface area contributed by atoms with Gasteiger partial charge >= 0.3 is 5.97 Å². The summed E-state index contributed by atoms with van der Waals surface area (Å²) in [5.41, 5.74) is 2.13. The number of carboxylic acid groups (broad SMARTS) is 1. The SMILES string of the molecule is COc1ccc(OC)c(C2CC2C(=O)NCCc2cccc(C(=O)O)c2)c1. The molecule has 0 aliphatic heterocycles. The lowest BCUT2D eigenvalue weighted by Crippen LogP contribution is -2.27. The quantitative estimate of drug-likeness (QED) is 0.747. The number of amides is 1. The fourth-order valence-corrected chi connectivity index (χ4v) is 3.28. The van der Waals surface area contributed by atoms with Crippen molar-refractivity contribution in [3.05, 3.63) is 59.2 Å². The second-order valence-electron chi connectivity index (χ2n) is 6.60. The van der Waals surface area contributed by atoms with Gasteiger partial charge in [0.2, 0.25) is 5.91 Å². The molecule has 1 amide bonds. The Morgan fingerprint density at radius 3 is 2.67 bits per heavy atom. The molecule has 1 aliphatic rings. The molecule has 1 saturated carbocycles. The van der Waals surface area contributed by atoms with E-state index in [-0.39, 0.29) is 23.3 Å². The van der Waals surface area contributed by atoms with Gasteiger partial charge in [0.15, 0.2) is 0 Å². The van der Waals surface area contributed by atoms with Crippen LogP contribution >= 0.6 is 0 Å². The molecule has 142 valence electrons. The third-order valence-electron chi connectivity index (χ3n) is 4.85. The lowest BCUT2D eigenvalue weighted by atomic mass is 10.1. The minimum absolute atomic E-state index is 0.0132. The van der Waals surface area contributed by atoms with Gasteiger partial charge in [-0.3, -0.25) is 4.79 Å². The molecular formula is C21H23NO5. The first-order chi connectivity index (χ1) is 13.0. The Morgan fingerprint density at radius 2 is 1.96 bits per heavy atom. The minimum Gasteiger partial charge on any atom is -0.497 e. The first kappa shape index (κ1) is 18.8. The van der Waals surface area contributed by atoms with Crippen molar-refractivity contribution in [2.45, 2.75) is 18.8 Å². The molecule has 0 bridgehead atoms. The summed E-state index contributed by atoms with van der Waals surface area (Å²) in [7, 11) is 3.23. The summed E-state index contributed by atoms with van der Waals surface area (Å²) in [5.74, 6) is 0.631. The third-order valence-corrected chi connectivity index (χ3v) is 4.85. The molecule has 0 heterocycles. The van der Waals surface area contributed by atoms with Crippen LogP contribution in [0.4, 0.5) is 0 Å².